The largest absolute Gasteiger partial charge is 0.497 e. The Kier molecular flexibility index (Phi) is 3.91. The maximum absolute atomic E-state index is 9.58. The SMILES string of the molecule is COc1ccc(/C(C#N)=C\c2c(C)n(C)c3ccccc23)cc1. The first-order valence-corrected chi connectivity index (χ1v) is 7.46. The third-order valence-corrected chi connectivity index (χ3v) is 4.26. The van der Waals surface area contributed by atoms with Gasteiger partial charge in [0.05, 0.1) is 18.8 Å². The fraction of sp³-hybridized carbons (Fsp3) is 0.150. The lowest BCUT2D eigenvalue weighted by molar-refractivity contribution is 0.415. The van der Waals surface area contributed by atoms with Crippen molar-refractivity contribution in [1.29, 1.82) is 5.26 Å². The number of benzene rings is 2. The molecule has 0 amide bonds. The summed E-state index contributed by atoms with van der Waals surface area (Å²) in [7, 11) is 3.68. The Balaban J connectivity index is 2.15. The van der Waals surface area contributed by atoms with Gasteiger partial charge in [-0.2, -0.15) is 5.26 Å². The van der Waals surface area contributed by atoms with Crippen LogP contribution in [0.3, 0.4) is 0 Å². The fourth-order valence-electron chi connectivity index (χ4n) is 2.83. The van der Waals surface area contributed by atoms with Gasteiger partial charge in [0.2, 0.25) is 0 Å². The highest BCUT2D eigenvalue weighted by molar-refractivity contribution is 5.99. The van der Waals surface area contributed by atoms with Gasteiger partial charge < -0.3 is 9.30 Å². The molecule has 0 fully saturated rings. The maximum atomic E-state index is 9.58. The molecular weight excluding hydrogens is 284 g/mol. The molecule has 0 unspecified atom stereocenters. The van der Waals surface area contributed by atoms with Gasteiger partial charge in [-0.3, -0.25) is 0 Å². The molecule has 0 saturated heterocycles. The molecule has 23 heavy (non-hydrogen) atoms. The van der Waals surface area contributed by atoms with Gasteiger partial charge in [-0.05, 0) is 48.9 Å². The fourth-order valence-corrected chi connectivity index (χ4v) is 2.83. The number of nitrogens with zero attached hydrogens (tertiary/aromatic N) is 2. The summed E-state index contributed by atoms with van der Waals surface area (Å²) < 4.78 is 7.33. The zero-order valence-corrected chi connectivity index (χ0v) is 13.5. The minimum absolute atomic E-state index is 0.645. The molecule has 1 heterocycles. The smallest absolute Gasteiger partial charge is 0.118 e. The summed E-state index contributed by atoms with van der Waals surface area (Å²) in [6, 6.07) is 18.1. The number of allylic oxidation sites excluding steroid dienone is 1. The van der Waals surface area contributed by atoms with Crippen molar-refractivity contribution >= 4 is 22.6 Å². The van der Waals surface area contributed by atoms with E-state index in [1.165, 1.54) is 5.52 Å². The molecule has 0 spiro atoms. The van der Waals surface area contributed by atoms with E-state index in [0.717, 1.165) is 28.0 Å². The average molecular weight is 302 g/mol. The van der Waals surface area contributed by atoms with Gasteiger partial charge >= 0.3 is 0 Å². The van der Waals surface area contributed by atoms with Crippen molar-refractivity contribution in [3.05, 3.63) is 65.4 Å². The number of ether oxygens (including phenoxy) is 1. The van der Waals surface area contributed by atoms with Crippen molar-refractivity contribution in [2.75, 3.05) is 7.11 Å². The van der Waals surface area contributed by atoms with Gasteiger partial charge in [-0.15, -0.1) is 0 Å². The molecule has 1 aromatic heterocycles. The topological polar surface area (TPSA) is 37.9 Å². The summed E-state index contributed by atoms with van der Waals surface area (Å²) in [5.41, 5.74) is 4.94. The van der Waals surface area contributed by atoms with Crippen LogP contribution in [-0.4, -0.2) is 11.7 Å². The molecule has 0 aliphatic carbocycles. The Hall–Kier alpha value is -2.99. The first kappa shape index (κ1) is 14.9. The molecule has 3 nitrogen and oxygen atoms in total. The first-order valence-electron chi connectivity index (χ1n) is 7.46. The quantitative estimate of drug-likeness (QED) is 0.665. The molecular formula is C20H18N2O. The lowest BCUT2D eigenvalue weighted by Gasteiger charge is -2.03. The molecule has 0 bridgehead atoms. The molecule has 3 rings (SSSR count). The van der Waals surface area contributed by atoms with E-state index in [4.69, 9.17) is 4.74 Å². The number of nitriles is 1. The van der Waals surface area contributed by atoms with E-state index in [9.17, 15) is 5.26 Å². The summed E-state index contributed by atoms with van der Waals surface area (Å²) in [5, 5.41) is 10.7. The summed E-state index contributed by atoms with van der Waals surface area (Å²) in [4.78, 5) is 0. The third kappa shape index (κ3) is 2.60. The van der Waals surface area contributed by atoms with Crippen molar-refractivity contribution in [3.63, 3.8) is 0 Å². The zero-order chi connectivity index (χ0) is 16.4. The second-order valence-electron chi connectivity index (χ2n) is 5.47. The van der Waals surface area contributed by atoms with E-state index in [-0.39, 0.29) is 0 Å². The Morgan fingerprint density at radius 3 is 2.48 bits per heavy atom. The second kappa shape index (κ2) is 6.02. The van der Waals surface area contributed by atoms with Crippen LogP contribution in [0.1, 0.15) is 16.8 Å². The van der Waals surface area contributed by atoms with E-state index in [0.29, 0.717) is 5.57 Å². The first-order chi connectivity index (χ1) is 11.2. The van der Waals surface area contributed by atoms with Crippen molar-refractivity contribution in [2.24, 2.45) is 7.05 Å². The molecule has 3 aromatic rings. The Morgan fingerprint density at radius 1 is 1.13 bits per heavy atom. The molecule has 2 aromatic carbocycles. The van der Waals surface area contributed by atoms with Crippen LogP contribution in [0.5, 0.6) is 5.75 Å². The van der Waals surface area contributed by atoms with Crippen molar-refractivity contribution in [3.8, 4) is 11.8 Å². The number of para-hydroxylation sites is 1. The Labute approximate surface area is 136 Å². The predicted molar refractivity (Wildman–Crippen MR) is 94.1 cm³/mol. The highest BCUT2D eigenvalue weighted by atomic mass is 16.5. The number of hydrogen-bond donors (Lipinski definition) is 0. The Morgan fingerprint density at radius 2 is 1.83 bits per heavy atom. The van der Waals surface area contributed by atoms with Crippen LogP contribution in [0.25, 0.3) is 22.6 Å². The van der Waals surface area contributed by atoms with E-state index < -0.39 is 0 Å². The number of methoxy groups -OCH3 is 1. The predicted octanol–water partition coefficient (Wildman–Crippen LogP) is 4.56. The normalized spacial score (nSPS) is 11.5. The minimum atomic E-state index is 0.645. The number of aromatic nitrogens is 1. The molecule has 114 valence electrons. The van der Waals surface area contributed by atoms with Gasteiger partial charge in [-0.25, -0.2) is 0 Å². The van der Waals surface area contributed by atoms with Gasteiger partial charge in [0.15, 0.2) is 0 Å². The summed E-state index contributed by atoms with van der Waals surface area (Å²) in [6.45, 7) is 2.08. The second-order valence-corrected chi connectivity index (χ2v) is 5.47. The molecule has 0 radical (unpaired) electrons. The molecule has 0 N–H and O–H groups in total. The standard InChI is InChI=1S/C20H18N2O/c1-14-19(18-6-4-5-7-20(18)22(14)2)12-16(13-21)15-8-10-17(23-3)11-9-15/h4-12H,1-3H3/b16-12-. The van der Waals surface area contributed by atoms with Gasteiger partial charge in [-0.1, -0.05) is 18.2 Å². The number of rotatable bonds is 3. The minimum Gasteiger partial charge on any atom is -0.497 e. The maximum Gasteiger partial charge on any atom is 0.118 e. The monoisotopic (exact) mass is 302 g/mol. The van der Waals surface area contributed by atoms with Crippen molar-refractivity contribution < 1.29 is 4.74 Å². The lowest BCUT2D eigenvalue weighted by Crippen LogP contribution is -1.90. The van der Waals surface area contributed by atoms with E-state index in [1.807, 2.05) is 42.5 Å². The van der Waals surface area contributed by atoms with Crippen molar-refractivity contribution in [1.82, 2.24) is 4.57 Å². The molecule has 3 heteroatoms. The number of hydrogen-bond acceptors (Lipinski definition) is 2. The summed E-state index contributed by atoms with van der Waals surface area (Å²) in [5.74, 6) is 0.785. The molecule has 0 aliphatic rings. The third-order valence-electron chi connectivity index (χ3n) is 4.26. The average Bonchev–Trinajstić information content (AvgIpc) is 2.84. The van der Waals surface area contributed by atoms with Crippen LogP contribution >= 0.6 is 0 Å². The van der Waals surface area contributed by atoms with Crippen LogP contribution in [0, 0.1) is 18.3 Å². The van der Waals surface area contributed by atoms with Crippen LogP contribution < -0.4 is 4.74 Å². The van der Waals surface area contributed by atoms with Crippen LogP contribution in [0.15, 0.2) is 48.5 Å². The summed E-state index contributed by atoms with van der Waals surface area (Å²) >= 11 is 0. The molecule has 0 saturated carbocycles. The molecule has 0 atom stereocenters. The van der Waals surface area contributed by atoms with Crippen molar-refractivity contribution in [2.45, 2.75) is 6.92 Å². The van der Waals surface area contributed by atoms with E-state index >= 15 is 0 Å². The molecule has 0 aliphatic heterocycles. The highest BCUT2D eigenvalue weighted by Crippen LogP contribution is 2.29. The highest BCUT2D eigenvalue weighted by Gasteiger charge is 2.11. The number of aryl methyl sites for hydroxylation is 1. The van der Waals surface area contributed by atoms with Gasteiger partial charge in [0, 0.05) is 29.2 Å². The van der Waals surface area contributed by atoms with Crippen LogP contribution in [-0.2, 0) is 7.05 Å². The van der Waals surface area contributed by atoms with Gasteiger partial charge in [0.1, 0.15) is 5.75 Å². The van der Waals surface area contributed by atoms with E-state index in [2.05, 4.69) is 36.7 Å². The van der Waals surface area contributed by atoms with E-state index in [1.54, 1.807) is 7.11 Å². The van der Waals surface area contributed by atoms with Crippen LogP contribution in [0.4, 0.5) is 0 Å². The summed E-state index contributed by atoms with van der Waals surface area (Å²) in [6.07, 6.45) is 1.97. The number of fused-ring (bicyclic) bond motifs is 1. The van der Waals surface area contributed by atoms with Crippen LogP contribution in [0.2, 0.25) is 0 Å². The zero-order valence-electron chi connectivity index (χ0n) is 13.5. The lowest BCUT2D eigenvalue weighted by atomic mass is 10.0. The van der Waals surface area contributed by atoms with Gasteiger partial charge in [0.25, 0.3) is 0 Å². The Bertz CT molecular complexity index is 925.